The van der Waals surface area contributed by atoms with Crippen LogP contribution in [0.5, 0.6) is 0 Å². The van der Waals surface area contributed by atoms with Gasteiger partial charge < -0.3 is 10.2 Å². The fraction of sp³-hybridized carbons (Fsp3) is 0.211. The highest BCUT2D eigenvalue weighted by Crippen LogP contribution is 2.24. The third-order valence-corrected chi connectivity index (χ3v) is 5.35. The van der Waals surface area contributed by atoms with E-state index in [0.29, 0.717) is 17.8 Å². The van der Waals surface area contributed by atoms with Crippen molar-refractivity contribution >= 4 is 33.1 Å². The average molecular weight is 351 g/mol. The van der Waals surface area contributed by atoms with Crippen LogP contribution in [0, 0.1) is 11.3 Å². The second-order valence-corrected chi connectivity index (χ2v) is 7.07. The van der Waals surface area contributed by atoms with Gasteiger partial charge in [-0.25, -0.2) is 4.98 Å². The number of nitriles is 1. The van der Waals surface area contributed by atoms with E-state index in [2.05, 4.69) is 29.4 Å². The number of nitrogens with zero attached hydrogens (tertiary/aromatic N) is 2. The van der Waals surface area contributed by atoms with Crippen molar-refractivity contribution in [1.82, 2.24) is 4.98 Å². The van der Waals surface area contributed by atoms with Gasteiger partial charge in [0.05, 0.1) is 28.9 Å². The highest BCUT2D eigenvalue weighted by molar-refractivity contribution is 7.18. The summed E-state index contributed by atoms with van der Waals surface area (Å²) >= 11 is 1.67. The number of para-hydroxylation sites is 1. The first kappa shape index (κ1) is 17.1. The zero-order chi connectivity index (χ0) is 17.8. The summed E-state index contributed by atoms with van der Waals surface area (Å²) in [6.07, 6.45) is 0. The van der Waals surface area contributed by atoms with Crippen LogP contribution in [0.3, 0.4) is 0 Å². The minimum atomic E-state index is -0.0828. The molecular formula is C19H19N4OS+. The van der Waals surface area contributed by atoms with Crippen LogP contribution < -0.4 is 10.2 Å². The molecular weight excluding hydrogens is 332 g/mol. The minimum Gasteiger partial charge on any atom is -0.322 e. The molecule has 126 valence electrons. The molecule has 1 unspecified atom stereocenters. The molecule has 0 aliphatic heterocycles. The largest absolute Gasteiger partial charge is 0.322 e. The summed E-state index contributed by atoms with van der Waals surface area (Å²) in [4.78, 5) is 18.0. The lowest BCUT2D eigenvalue weighted by Gasteiger charge is -2.19. The monoisotopic (exact) mass is 351 g/mol. The number of likely N-dealkylation sites (N-methyl/N-ethyl adjacent to an activating group) is 1. The van der Waals surface area contributed by atoms with Gasteiger partial charge in [0.25, 0.3) is 5.91 Å². The van der Waals surface area contributed by atoms with Crippen molar-refractivity contribution in [3.8, 4) is 6.07 Å². The lowest BCUT2D eigenvalue weighted by Crippen LogP contribution is -3.10. The van der Waals surface area contributed by atoms with Crippen molar-refractivity contribution in [2.75, 3.05) is 18.9 Å². The van der Waals surface area contributed by atoms with Gasteiger partial charge in [-0.2, -0.15) is 5.26 Å². The summed E-state index contributed by atoms with van der Waals surface area (Å²) < 4.78 is 1.16. The maximum absolute atomic E-state index is 12.3. The molecule has 3 aromatic rings. The van der Waals surface area contributed by atoms with E-state index in [4.69, 9.17) is 5.26 Å². The van der Waals surface area contributed by atoms with Gasteiger partial charge in [0.15, 0.2) is 11.6 Å². The minimum absolute atomic E-state index is 0.0828. The van der Waals surface area contributed by atoms with Gasteiger partial charge >= 0.3 is 0 Å². The van der Waals surface area contributed by atoms with E-state index in [9.17, 15) is 4.79 Å². The van der Waals surface area contributed by atoms with Crippen molar-refractivity contribution in [2.24, 2.45) is 0 Å². The number of quaternary nitrogens is 1. The van der Waals surface area contributed by atoms with Crippen molar-refractivity contribution in [1.29, 1.82) is 5.26 Å². The third-order valence-electron chi connectivity index (χ3n) is 4.13. The number of aromatic nitrogens is 1. The number of nitrogens with one attached hydrogen (secondary N) is 2. The van der Waals surface area contributed by atoms with E-state index in [-0.39, 0.29) is 11.9 Å². The van der Waals surface area contributed by atoms with Gasteiger partial charge in [-0.1, -0.05) is 18.2 Å². The van der Waals surface area contributed by atoms with Crippen molar-refractivity contribution in [3.05, 3.63) is 59.1 Å². The van der Waals surface area contributed by atoms with Crippen LogP contribution in [0.2, 0.25) is 0 Å². The molecule has 2 aromatic carbocycles. The van der Waals surface area contributed by atoms with Crippen LogP contribution in [0.25, 0.3) is 10.2 Å². The zero-order valence-corrected chi connectivity index (χ0v) is 14.9. The molecule has 0 spiro atoms. The van der Waals surface area contributed by atoms with E-state index in [1.54, 1.807) is 35.6 Å². The highest BCUT2D eigenvalue weighted by Gasteiger charge is 2.22. The molecule has 6 heteroatoms. The van der Waals surface area contributed by atoms with Gasteiger partial charge in [0.1, 0.15) is 6.04 Å². The Kier molecular flexibility index (Phi) is 5.08. The molecule has 1 amide bonds. The molecule has 0 saturated heterocycles. The Hall–Kier alpha value is -2.75. The summed E-state index contributed by atoms with van der Waals surface area (Å²) in [5, 5.41) is 12.8. The Balaban J connectivity index is 1.65. The highest BCUT2D eigenvalue weighted by atomic mass is 32.1. The SMILES string of the molecule is C[C@@H](c1nc2ccccc2s1)[NH+](C)CC(=O)Nc1cccc(C#N)c1. The molecule has 3 rings (SSSR count). The predicted octanol–water partition coefficient (Wildman–Crippen LogP) is 2.38. The number of hydrogen-bond acceptors (Lipinski definition) is 4. The summed E-state index contributed by atoms with van der Waals surface area (Å²) in [5.74, 6) is -0.0828. The number of carbonyl (C=O) groups is 1. The topological polar surface area (TPSA) is 70.2 Å². The second kappa shape index (κ2) is 7.43. The first-order valence-corrected chi connectivity index (χ1v) is 8.86. The molecule has 0 bridgehead atoms. The normalized spacial score (nSPS) is 13.2. The Morgan fingerprint density at radius 2 is 2.12 bits per heavy atom. The van der Waals surface area contributed by atoms with E-state index in [1.165, 1.54) is 0 Å². The van der Waals surface area contributed by atoms with Gasteiger partial charge in [0, 0.05) is 5.69 Å². The third kappa shape index (κ3) is 4.02. The Morgan fingerprint density at radius 3 is 2.88 bits per heavy atom. The smallest absolute Gasteiger partial charge is 0.279 e. The Bertz CT molecular complexity index is 911. The van der Waals surface area contributed by atoms with Crippen LogP contribution in [-0.4, -0.2) is 24.5 Å². The van der Waals surface area contributed by atoms with E-state index in [1.807, 2.05) is 25.2 Å². The Morgan fingerprint density at radius 1 is 1.32 bits per heavy atom. The quantitative estimate of drug-likeness (QED) is 0.741. The number of hydrogen-bond donors (Lipinski definition) is 2. The molecule has 1 aromatic heterocycles. The van der Waals surface area contributed by atoms with Crippen LogP contribution >= 0.6 is 11.3 Å². The Labute approximate surface area is 150 Å². The predicted molar refractivity (Wildman–Crippen MR) is 99.6 cm³/mol. The number of thiazole rings is 1. The molecule has 0 radical (unpaired) electrons. The maximum Gasteiger partial charge on any atom is 0.279 e. The van der Waals surface area contributed by atoms with Crippen LogP contribution in [0.15, 0.2) is 48.5 Å². The van der Waals surface area contributed by atoms with E-state index in [0.717, 1.165) is 20.1 Å². The second-order valence-electron chi connectivity index (χ2n) is 6.01. The number of fused-ring (bicyclic) bond motifs is 1. The molecule has 25 heavy (non-hydrogen) atoms. The van der Waals surface area contributed by atoms with Crippen LogP contribution in [0.4, 0.5) is 5.69 Å². The number of benzene rings is 2. The molecule has 0 aliphatic rings. The summed E-state index contributed by atoms with van der Waals surface area (Å²) in [6, 6.07) is 17.2. The van der Waals surface area contributed by atoms with Gasteiger partial charge in [-0.15, -0.1) is 11.3 Å². The molecule has 5 nitrogen and oxygen atoms in total. The molecule has 0 saturated carbocycles. The first-order valence-electron chi connectivity index (χ1n) is 8.04. The van der Waals surface area contributed by atoms with Crippen molar-refractivity contribution < 1.29 is 9.69 Å². The summed E-state index contributed by atoms with van der Waals surface area (Å²) in [6.45, 7) is 2.41. The molecule has 2 atom stereocenters. The maximum atomic E-state index is 12.3. The average Bonchev–Trinajstić information content (AvgIpc) is 3.05. The summed E-state index contributed by atoms with van der Waals surface area (Å²) in [7, 11) is 1.99. The number of carbonyl (C=O) groups excluding carboxylic acids is 1. The number of anilines is 1. The van der Waals surface area contributed by atoms with E-state index < -0.39 is 0 Å². The van der Waals surface area contributed by atoms with Gasteiger partial charge in [-0.05, 0) is 37.3 Å². The molecule has 0 fully saturated rings. The molecule has 1 heterocycles. The fourth-order valence-electron chi connectivity index (χ4n) is 2.56. The molecule has 2 N–H and O–H groups in total. The zero-order valence-electron chi connectivity index (χ0n) is 14.1. The van der Waals surface area contributed by atoms with Crippen LogP contribution in [0.1, 0.15) is 23.5 Å². The van der Waals surface area contributed by atoms with Crippen molar-refractivity contribution in [3.63, 3.8) is 0 Å². The van der Waals surface area contributed by atoms with Gasteiger partial charge in [0.2, 0.25) is 0 Å². The number of amides is 1. The summed E-state index contributed by atoms with van der Waals surface area (Å²) in [5.41, 5.74) is 2.17. The van der Waals surface area contributed by atoms with E-state index >= 15 is 0 Å². The first-order chi connectivity index (χ1) is 12.1. The number of rotatable bonds is 5. The van der Waals surface area contributed by atoms with Gasteiger partial charge in [-0.3, -0.25) is 4.79 Å². The standard InChI is InChI=1S/C19H18N4OS/c1-13(19-22-16-8-3-4-9-17(16)25-19)23(2)12-18(24)21-15-7-5-6-14(10-15)11-20/h3-10,13H,12H2,1-2H3,(H,21,24)/p+1/t13-/m0/s1. The lowest BCUT2D eigenvalue weighted by atomic mass is 10.2. The van der Waals surface area contributed by atoms with Crippen LogP contribution in [-0.2, 0) is 4.79 Å². The van der Waals surface area contributed by atoms with Crippen molar-refractivity contribution in [2.45, 2.75) is 13.0 Å². The fourth-order valence-corrected chi connectivity index (χ4v) is 3.68. The lowest BCUT2D eigenvalue weighted by molar-refractivity contribution is -0.902. The molecule has 0 aliphatic carbocycles.